The molecule has 2 rings (SSSR count). The lowest BCUT2D eigenvalue weighted by Crippen LogP contribution is -2.14. The van der Waals surface area contributed by atoms with E-state index in [2.05, 4.69) is 25.2 Å². The van der Waals surface area contributed by atoms with Gasteiger partial charge < -0.3 is 16.2 Å². The Morgan fingerprint density at radius 1 is 1.09 bits per heavy atom. The largest absolute Gasteiger partial charge is 0.398 e. The second-order valence-corrected chi connectivity index (χ2v) is 6.38. The van der Waals surface area contributed by atoms with Gasteiger partial charge in [-0.1, -0.05) is 38.1 Å². The van der Waals surface area contributed by atoms with Crippen LogP contribution in [0.1, 0.15) is 42.3 Å². The number of para-hydroxylation sites is 1. The van der Waals surface area contributed by atoms with Gasteiger partial charge in [-0.2, -0.15) is 0 Å². The van der Waals surface area contributed by atoms with Crippen molar-refractivity contribution in [2.75, 3.05) is 11.1 Å². The fourth-order valence-electron chi connectivity index (χ4n) is 2.82. The summed E-state index contributed by atoms with van der Waals surface area (Å²) in [6.45, 7) is 8.39. The topological polar surface area (TPSA) is 58.3 Å². The Morgan fingerprint density at radius 3 is 2.36 bits per heavy atom. The molecule has 2 aromatic rings. The molecule has 0 saturated carbocycles. The lowest BCUT2D eigenvalue weighted by atomic mass is 9.96. The molecule has 0 fully saturated rings. The molecule has 0 bridgehead atoms. The van der Waals surface area contributed by atoms with E-state index < -0.39 is 6.23 Å². The van der Waals surface area contributed by atoms with Crippen molar-refractivity contribution in [3.8, 4) is 0 Å². The van der Waals surface area contributed by atoms with Crippen molar-refractivity contribution < 1.29 is 5.11 Å². The van der Waals surface area contributed by atoms with Crippen LogP contribution < -0.4 is 11.1 Å². The first-order valence-corrected chi connectivity index (χ1v) is 7.77. The Balaban J connectivity index is 2.26. The van der Waals surface area contributed by atoms with Gasteiger partial charge in [0.05, 0.1) is 0 Å². The zero-order valence-electron chi connectivity index (χ0n) is 13.9. The number of aryl methyl sites for hydroxylation is 2. The highest BCUT2D eigenvalue weighted by molar-refractivity contribution is 5.58. The summed E-state index contributed by atoms with van der Waals surface area (Å²) < 4.78 is 0. The Hall–Kier alpha value is -2.00. The maximum Gasteiger partial charge on any atom is 0.153 e. The number of rotatable bonds is 5. The van der Waals surface area contributed by atoms with Gasteiger partial charge in [0.25, 0.3) is 0 Å². The van der Waals surface area contributed by atoms with Crippen LogP contribution in [0.15, 0.2) is 36.4 Å². The van der Waals surface area contributed by atoms with Gasteiger partial charge in [0, 0.05) is 16.9 Å². The van der Waals surface area contributed by atoms with E-state index in [-0.39, 0.29) is 0 Å². The average Bonchev–Trinajstić information content (AvgIpc) is 2.39. The van der Waals surface area contributed by atoms with Crippen molar-refractivity contribution in [1.29, 1.82) is 0 Å². The van der Waals surface area contributed by atoms with Crippen LogP contribution in [0, 0.1) is 19.8 Å². The average molecular weight is 298 g/mol. The lowest BCUT2D eigenvalue weighted by molar-refractivity contribution is 0.208. The van der Waals surface area contributed by atoms with Gasteiger partial charge in [-0.05, 0) is 55.0 Å². The number of hydrogen-bond acceptors (Lipinski definition) is 3. The van der Waals surface area contributed by atoms with E-state index in [1.807, 2.05) is 44.2 Å². The predicted octanol–water partition coefficient (Wildman–Crippen LogP) is 4.19. The quantitative estimate of drug-likeness (QED) is 0.573. The van der Waals surface area contributed by atoms with Crippen molar-refractivity contribution in [3.63, 3.8) is 0 Å². The van der Waals surface area contributed by atoms with Gasteiger partial charge in [-0.25, -0.2) is 0 Å². The number of anilines is 2. The summed E-state index contributed by atoms with van der Waals surface area (Å²) in [4.78, 5) is 0. The second-order valence-electron chi connectivity index (χ2n) is 6.38. The van der Waals surface area contributed by atoms with Gasteiger partial charge in [-0.3, -0.25) is 0 Å². The molecule has 2 aromatic carbocycles. The molecule has 118 valence electrons. The lowest BCUT2D eigenvalue weighted by Gasteiger charge is -2.21. The Bertz CT molecular complexity index is 627. The van der Waals surface area contributed by atoms with Gasteiger partial charge in [0.15, 0.2) is 6.23 Å². The highest BCUT2D eigenvalue weighted by atomic mass is 16.3. The molecular formula is C19H26N2O. The van der Waals surface area contributed by atoms with E-state index in [1.165, 1.54) is 5.56 Å². The van der Waals surface area contributed by atoms with E-state index in [1.54, 1.807) is 0 Å². The minimum absolute atomic E-state index is 0.583. The van der Waals surface area contributed by atoms with E-state index in [0.29, 0.717) is 11.6 Å². The SMILES string of the molecule is Cc1ccccc1NC(O)c1c(C)cc(CC(C)C)cc1N. The molecular weight excluding hydrogens is 272 g/mol. The van der Waals surface area contributed by atoms with E-state index in [4.69, 9.17) is 5.73 Å². The van der Waals surface area contributed by atoms with Crippen molar-refractivity contribution >= 4 is 11.4 Å². The Kier molecular flexibility index (Phi) is 5.09. The number of nitrogens with two attached hydrogens (primary N) is 1. The van der Waals surface area contributed by atoms with Crippen LogP contribution in [0.5, 0.6) is 0 Å². The Morgan fingerprint density at radius 2 is 1.77 bits per heavy atom. The molecule has 0 aliphatic heterocycles. The third-order valence-corrected chi connectivity index (χ3v) is 3.83. The fourth-order valence-corrected chi connectivity index (χ4v) is 2.82. The predicted molar refractivity (Wildman–Crippen MR) is 93.9 cm³/mol. The minimum atomic E-state index is -0.811. The summed E-state index contributed by atoms with van der Waals surface area (Å²) in [6.07, 6.45) is 0.182. The zero-order chi connectivity index (χ0) is 16.3. The number of benzene rings is 2. The van der Waals surface area contributed by atoms with Gasteiger partial charge in [0.1, 0.15) is 0 Å². The van der Waals surface area contributed by atoms with Crippen LogP contribution in [-0.2, 0) is 6.42 Å². The number of aliphatic hydroxyl groups is 1. The maximum atomic E-state index is 10.5. The molecule has 1 unspecified atom stereocenters. The van der Waals surface area contributed by atoms with E-state index >= 15 is 0 Å². The molecule has 0 spiro atoms. The highest BCUT2D eigenvalue weighted by Crippen LogP contribution is 2.29. The van der Waals surface area contributed by atoms with Gasteiger partial charge in [0.2, 0.25) is 0 Å². The van der Waals surface area contributed by atoms with Crippen LogP contribution in [0.3, 0.4) is 0 Å². The second kappa shape index (κ2) is 6.84. The number of nitrogen functional groups attached to an aromatic ring is 1. The molecule has 1 atom stereocenters. The molecule has 0 aliphatic carbocycles. The third kappa shape index (κ3) is 3.80. The first-order valence-electron chi connectivity index (χ1n) is 7.77. The third-order valence-electron chi connectivity index (χ3n) is 3.83. The van der Waals surface area contributed by atoms with Crippen molar-refractivity contribution in [1.82, 2.24) is 0 Å². The van der Waals surface area contributed by atoms with Crippen LogP contribution in [0.4, 0.5) is 11.4 Å². The maximum absolute atomic E-state index is 10.5. The van der Waals surface area contributed by atoms with Crippen LogP contribution >= 0.6 is 0 Å². The van der Waals surface area contributed by atoms with Crippen LogP contribution in [-0.4, -0.2) is 5.11 Å². The first kappa shape index (κ1) is 16.4. The van der Waals surface area contributed by atoms with E-state index in [0.717, 1.165) is 28.8 Å². The van der Waals surface area contributed by atoms with Crippen LogP contribution in [0.2, 0.25) is 0 Å². The molecule has 4 N–H and O–H groups in total. The Labute approximate surface area is 133 Å². The minimum Gasteiger partial charge on any atom is -0.398 e. The normalized spacial score (nSPS) is 12.5. The molecule has 0 heterocycles. The standard InChI is InChI=1S/C19H26N2O/c1-12(2)9-15-10-14(4)18(16(20)11-15)19(22)21-17-8-6-5-7-13(17)3/h5-8,10-12,19,21-22H,9,20H2,1-4H3. The number of aliphatic hydroxyl groups excluding tert-OH is 1. The molecule has 0 aliphatic rings. The summed E-state index contributed by atoms with van der Waals surface area (Å²) in [5, 5.41) is 13.7. The van der Waals surface area contributed by atoms with Crippen molar-refractivity contribution in [2.24, 2.45) is 5.92 Å². The molecule has 3 nitrogen and oxygen atoms in total. The molecule has 0 saturated heterocycles. The summed E-state index contributed by atoms with van der Waals surface area (Å²) >= 11 is 0. The van der Waals surface area contributed by atoms with Crippen molar-refractivity contribution in [3.05, 3.63) is 58.7 Å². The smallest absolute Gasteiger partial charge is 0.153 e. The fraction of sp³-hybridized carbons (Fsp3) is 0.368. The number of hydrogen-bond donors (Lipinski definition) is 3. The van der Waals surface area contributed by atoms with Crippen LogP contribution in [0.25, 0.3) is 0 Å². The molecule has 22 heavy (non-hydrogen) atoms. The number of nitrogens with one attached hydrogen (secondary N) is 1. The molecule has 3 heteroatoms. The van der Waals surface area contributed by atoms with Crippen molar-refractivity contribution in [2.45, 2.75) is 40.3 Å². The van der Waals surface area contributed by atoms with Gasteiger partial charge >= 0.3 is 0 Å². The molecule has 0 amide bonds. The summed E-state index contributed by atoms with van der Waals surface area (Å²) in [5.74, 6) is 0.583. The monoisotopic (exact) mass is 298 g/mol. The first-order chi connectivity index (χ1) is 10.4. The summed E-state index contributed by atoms with van der Waals surface area (Å²) in [7, 11) is 0. The zero-order valence-corrected chi connectivity index (χ0v) is 13.9. The molecule has 0 aromatic heterocycles. The highest BCUT2D eigenvalue weighted by Gasteiger charge is 2.16. The van der Waals surface area contributed by atoms with Gasteiger partial charge in [-0.15, -0.1) is 0 Å². The van der Waals surface area contributed by atoms with E-state index in [9.17, 15) is 5.11 Å². The molecule has 0 radical (unpaired) electrons. The summed E-state index contributed by atoms with van der Waals surface area (Å²) in [6, 6.07) is 12.0. The summed E-state index contributed by atoms with van der Waals surface area (Å²) in [5.41, 5.74) is 11.8.